The highest BCUT2D eigenvalue weighted by atomic mass is 127. The normalized spacial score (nSPS) is 10.2. The first-order valence-corrected chi connectivity index (χ1v) is 6.94. The Morgan fingerprint density at radius 2 is 1.95 bits per heavy atom. The lowest BCUT2D eigenvalue weighted by molar-refractivity contribution is 0.0193. The van der Waals surface area contributed by atoms with E-state index in [1.54, 1.807) is 18.2 Å². The fourth-order valence-corrected chi connectivity index (χ4v) is 2.45. The number of benzene rings is 2. The van der Waals surface area contributed by atoms with Gasteiger partial charge >= 0.3 is 0 Å². The Kier molecular flexibility index (Phi) is 4.56. The number of rotatable bonds is 3. The molecule has 104 valence electrons. The molecule has 0 heterocycles. The Labute approximate surface area is 129 Å². The van der Waals surface area contributed by atoms with Gasteiger partial charge in [0.1, 0.15) is 0 Å². The summed E-state index contributed by atoms with van der Waals surface area (Å²) in [5.41, 5.74) is 2.57. The zero-order valence-electron chi connectivity index (χ0n) is 10.7. The van der Waals surface area contributed by atoms with Crippen molar-refractivity contribution in [3.8, 4) is 0 Å². The van der Waals surface area contributed by atoms with Crippen molar-refractivity contribution in [1.82, 2.24) is 5.23 Å². The summed E-state index contributed by atoms with van der Waals surface area (Å²) in [5, 5.41) is 2.72. The van der Waals surface area contributed by atoms with Crippen molar-refractivity contribution in [3.05, 3.63) is 57.2 Å². The number of hydrogen-bond acceptors (Lipinski definition) is 3. The van der Waals surface area contributed by atoms with Crippen LogP contribution in [-0.4, -0.2) is 11.1 Å². The fraction of sp³-hybridized carbons (Fsp3) is 0.0714. The molecule has 0 aromatic heterocycles. The maximum atomic E-state index is 12.9. The fourth-order valence-electron chi connectivity index (χ4n) is 1.81. The Hall–Kier alpha value is -1.67. The maximum Gasteiger partial charge on any atom is 0.298 e. The number of anilines is 2. The lowest BCUT2D eigenvalue weighted by Crippen LogP contribution is -2.29. The van der Waals surface area contributed by atoms with Crippen LogP contribution in [0.25, 0.3) is 0 Å². The second kappa shape index (κ2) is 6.19. The molecule has 0 spiro atoms. The van der Waals surface area contributed by atoms with Crippen LogP contribution >= 0.6 is 22.6 Å². The monoisotopic (exact) mass is 385 g/mol. The van der Waals surface area contributed by atoms with Gasteiger partial charge in [0, 0.05) is 9.26 Å². The van der Waals surface area contributed by atoms with Gasteiger partial charge in [0.2, 0.25) is 0 Å². The molecule has 3 N–H and O–H groups in total. The molecule has 20 heavy (non-hydrogen) atoms. The van der Waals surface area contributed by atoms with Gasteiger partial charge < -0.3 is 5.32 Å². The van der Waals surface area contributed by atoms with E-state index in [9.17, 15) is 9.28 Å². The average Bonchev–Trinajstić information content (AvgIpc) is 2.41. The molecule has 6 heteroatoms. The third kappa shape index (κ3) is 3.26. The number of aryl methyl sites for hydroxylation is 1. The summed E-state index contributed by atoms with van der Waals surface area (Å²) < 4.78 is 14.0. The van der Waals surface area contributed by atoms with Gasteiger partial charge in [0.05, 0.1) is 11.3 Å². The molecule has 1 amide bonds. The quantitative estimate of drug-likeness (QED) is 0.279. The van der Waals surface area contributed by atoms with Gasteiger partial charge in [-0.1, -0.05) is 16.6 Å². The molecule has 2 aromatic rings. The molecule has 0 fully saturated rings. The molecule has 0 unspecified atom stereocenters. The highest BCUT2D eigenvalue weighted by Crippen LogP contribution is 2.25. The van der Waals surface area contributed by atoms with Crippen LogP contribution in [0, 0.1) is 10.5 Å². The molecule has 0 saturated carbocycles. The second-order valence-corrected chi connectivity index (χ2v) is 5.49. The first-order chi connectivity index (χ1) is 9.49. The van der Waals surface area contributed by atoms with Gasteiger partial charge in [0.25, 0.3) is 5.91 Å². The lowest BCUT2D eigenvalue weighted by atomic mass is 10.1. The van der Waals surface area contributed by atoms with Crippen LogP contribution in [0.4, 0.5) is 15.9 Å². The van der Waals surface area contributed by atoms with Gasteiger partial charge in [0.15, 0.2) is 0 Å². The Balaban J connectivity index is 2.36. The van der Waals surface area contributed by atoms with E-state index in [-0.39, 0.29) is 5.56 Å². The van der Waals surface area contributed by atoms with Gasteiger partial charge in [-0.25, -0.2) is 5.84 Å². The minimum atomic E-state index is -0.892. The van der Waals surface area contributed by atoms with E-state index in [2.05, 4.69) is 27.9 Å². The van der Waals surface area contributed by atoms with Crippen LogP contribution in [0.15, 0.2) is 42.5 Å². The van der Waals surface area contributed by atoms with E-state index in [0.29, 0.717) is 5.69 Å². The lowest BCUT2D eigenvalue weighted by Gasteiger charge is -2.14. The molecule has 0 atom stereocenters. The molecular weight excluding hydrogens is 372 g/mol. The molecule has 2 rings (SSSR count). The summed E-state index contributed by atoms with van der Waals surface area (Å²) in [6.07, 6.45) is 0. The number of halogens is 2. The van der Waals surface area contributed by atoms with Crippen molar-refractivity contribution in [2.75, 3.05) is 5.32 Å². The predicted octanol–water partition coefficient (Wildman–Crippen LogP) is 3.54. The van der Waals surface area contributed by atoms with Crippen molar-refractivity contribution in [2.24, 2.45) is 5.84 Å². The van der Waals surface area contributed by atoms with E-state index < -0.39 is 11.1 Å². The SMILES string of the molecule is Cc1cc(I)ccc1Nc1ccccc1C(=O)N(N)F. The highest BCUT2D eigenvalue weighted by molar-refractivity contribution is 14.1. The molecule has 0 saturated heterocycles. The third-order valence-corrected chi connectivity index (χ3v) is 3.48. The summed E-state index contributed by atoms with van der Waals surface area (Å²) in [6.45, 7) is 1.96. The Bertz CT molecular complexity index is 646. The minimum absolute atomic E-state index is 0.176. The zero-order valence-corrected chi connectivity index (χ0v) is 12.9. The van der Waals surface area contributed by atoms with Crippen LogP contribution in [0.1, 0.15) is 15.9 Å². The molecule has 0 aliphatic carbocycles. The van der Waals surface area contributed by atoms with Gasteiger partial charge in [-0.3, -0.25) is 4.79 Å². The number of hydrogen-bond donors (Lipinski definition) is 2. The largest absolute Gasteiger partial charge is 0.355 e. The van der Waals surface area contributed by atoms with Crippen LogP contribution < -0.4 is 11.2 Å². The number of hydrazine groups is 1. The standard InChI is InChI=1S/C14H13FIN3O/c1-9-8-10(16)6-7-12(9)18-13-5-3-2-4-11(13)14(20)19(15)17/h2-8,18H,17H2,1H3. The molecule has 0 aliphatic rings. The van der Waals surface area contributed by atoms with Crippen molar-refractivity contribution < 1.29 is 9.28 Å². The first-order valence-electron chi connectivity index (χ1n) is 5.86. The zero-order chi connectivity index (χ0) is 14.7. The van der Waals surface area contributed by atoms with Crippen LogP contribution in [-0.2, 0) is 0 Å². The minimum Gasteiger partial charge on any atom is -0.355 e. The summed E-state index contributed by atoms with van der Waals surface area (Å²) >= 11 is 2.22. The predicted molar refractivity (Wildman–Crippen MR) is 85.1 cm³/mol. The summed E-state index contributed by atoms with van der Waals surface area (Å²) in [4.78, 5) is 11.7. The molecule has 0 radical (unpaired) electrons. The first kappa shape index (κ1) is 14.7. The van der Waals surface area contributed by atoms with E-state index >= 15 is 0 Å². The number of para-hydroxylation sites is 1. The van der Waals surface area contributed by atoms with Crippen molar-refractivity contribution in [3.63, 3.8) is 0 Å². The van der Waals surface area contributed by atoms with E-state index in [4.69, 9.17) is 5.84 Å². The topological polar surface area (TPSA) is 58.4 Å². The van der Waals surface area contributed by atoms with Crippen molar-refractivity contribution in [2.45, 2.75) is 6.92 Å². The van der Waals surface area contributed by atoms with E-state index in [1.165, 1.54) is 6.07 Å². The van der Waals surface area contributed by atoms with Crippen LogP contribution in [0.2, 0.25) is 0 Å². The third-order valence-electron chi connectivity index (χ3n) is 2.81. The average molecular weight is 385 g/mol. The summed E-state index contributed by atoms with van der Waals surface area (Å²) in [7, 11) is 0. The molecule has 4 nitrogen and oxygen atoms in total. The highest BCUT2D eigenvalue weighted by Gasteiger charge is 2.16. The number of nitrogens with one attached hydrogen (secondary N) is 1. The molecule has 0 bridgehead atoms. The molecule has 0 aliphatic heterocycles. The number of nitrogens with two attached hydrogens (primary N) is 1. The number of nitrogens with zero attached hydrogens (tertiary/aromatic N) is 1. The number of carbonyl (C=O) groups is 1. The number of carbonyl (C=O) groups excluding carboxylic acids is 1. The van der Waals surface area contributed by atoms with Crippen molar-refractivity contribution in [1.29, 1.82) is 0 Å². The smallest absolute Gasteiger partial charge is 0.298 e. The Morgan fingerprint density at radius 3 is 2.60 bits per heavy atom. The van der Waals surface area contributed by atoms with Crippen LogP contribution in [0.3, 0.4) is 0 Å². The molecular formula is C14H13FIN3O. The van der Waals surface area contributed by atoms with E-state index in [0.717, 1.165) is 14.8 Å². The maximum absolute atomic E-state index is 12.9. The summed E-state index contributed by atoms with van der Waals surface area (Å²) in [5.74, 6) is 3.98. The van der Waals surface area contributed by atoms with Gasteiger partial charge in [-0.2, -0.15) is 0 Å². The second-order valence-electron chi connectivity index (χ2n) is 4.25. The van der Waals surface area contributed by atoms with Gasteiger partial charge in [-0.05, 0) is 65.4 Å². The van der Waals surface area contributed by atoms with Crippen molar-refractivity contribution >= 4 is 39.9 Å². The van der Waals surface area contributed by atoms with Gasteiger partial charge in [-0.15, -0.1) is 5.23 Å². The van der Waals surface area contributed by atoms with E-state index in [1.807, 2.05) is 25.1 Å². The number of amides is 1. The summed E-state index contributed by atoms with van der Waals surface area (Å²) in [6, 6.07) is 12.5. The van der Waals surface area contributed by atoms with Crippen LogP contribution in [0.5, 0.6) is 0 Å². The molecule has 2 aromatic carbocycles. The Morgan fingerprint density at radius 1 is 1.25 bits per heavy atom.